The van der Waals surface area contributed by atoms with Gasteiger partial charge >= 0.3 is 0 Å². The normalized spacial score (nSPS) is 21.2. The highest BCUT2D eigenvalue weighted by Gasteiger charge is 2.17. The van der Waals surface area contributed by atoms with Crippen molar-refractivity contribution in [2.24, 2.45) is 0 Å². The SMILES string of the molecule is C[Si](C)(C)CNC1CCCCC1. The summed E-state index contributed by atoms with van der Waals surface area (Å²) in [6.45, 7) is 7.30. The van der Waals surface area contributed by atoms with Gasteiger partial charge in [0.05, 0.1) is 8.07 Å². The van der Waals surface area contributed by atoms with Gasteiger partial charge in [-0.3, -0.25) is 0 Å². The van der Waals surface area contributed by atoms with Crippen molar-refractivity contribution in [1.82, 2.24) is 5.32 Å². The molecule has 1 aliphatic carbocycles. The monoisotopic (exact) mass is 185 g/mol. The molecule has 0 aromatic heterocycles. The second-order valence-corrected chi connectivity index (χ2v) is 10.8. The standard InChI is InChI=1S/C10H23NSi/c1-12(2,3)9-11-10-7-5-4-6-8-10/h10-11H,4-9H2,1-3H3. The highest BCUT2D eigenvalue weighted by molar-refractivity contribution is 6.76. The highest BCUT2D eigenvalue weighted by atomic mass is 28.3. The summed E-state index contributed by atoms with van der Waals surface area (Å²) in [6.07, 6.45) is 8.50. The van der Waals surface area contributed by atoms with E-state index >= 15 is 0 Å². The zero-order chi connectivity index (χ0) is 9.03. The van der Waals surface area contributed by atoms with Gasteiger partial charge < -0.3 is 5.32 Å². The van der Waals surface area contributed by atoms with Crippen LogP contribution in [0.15, 0.2) is 0 Å². The first kappa shape index (κ1) is 10.3. The molecular formula is C10H23NSi. The van der Waals surface area contributed by atoms with Crippen molar-refractivity contribution < 1.29 is 0 Å². The van der Waals surface area contributed by atoms with Crippen molar-refractivity contribution in [3.63, 3.8) is 0 Å². The molecule has 1 aliphatic rings. The van der Waals surface area contributed by atoms with Crippen LogP contribution in [0.5, 0.6) is 0 Å². The van der Waals surface area contributed by atoms with Crippen molar-refractivity contribution in [3.05, 3.63) is 0 Å². The van der Waals surface area contributed by atoms with Gasteiger partial charge in [0.2, 0.25) is 0 Å². The predicted octanol–water partition coefficient (Wildman–Crippen LogP) is 2.79. The van der Waals surface area contributed by atoms with E-state index in [0.717, 1.165) is 6.04 Å². The maximum Gasteiger partial charge on any atom is 0.0596 e. The Morgan fingerprint density at radius 3 is 2.17 bits per heavy atom. The molecule has 1 N–H and O–H groups in total. The summed E-state index contributed by atoms with van der Waals surface area (Å²) in [5.74, 6) is 0. The van der Waals surface area contributed by atoms with Crippen LogP contribution in [0.2, 0.25) is 19.6 Å². The maximum absolute atomic E-state index is 3.72. The van der Waals surface area contributed by atoms with Crippen LogP contribution in [-0.2, 0) is 0 Å². The number of nitrogens with one attached hydrogen (secondary N) is 1. The van der Waals surface area contributed by atoms with Crippen molar-refractivity contribution in [2.75, 3.05) is 6.17 Å². The molecule has 0 bridgehead atoms. The molecule has 1 saturated carbocycles. The van der Waals surface area contributed by atoms with Crippen LogP contribution >= 0.6 is 0 Å². The first-order valence-corrected chi connectivity index (χ1v) is 9.02. The summed E-state index contributed by atoms with van der Waals surface area (Å²) in [5, 5.41) is 3.72. The largest absolute Gasteiger partial charge is 0.317 e. The zero-order valence-corrected chi connectivity index (χ0v) is 9.82. The Balaban J connectivity index is 2.13. The summed E-state index contributed by atoms with van der Waals surface area (Å²) in [7, 11) is -0.852. The van der Waals surface area contributed by atoms with Crippen LogP contribution in [0.3, 0.4) is 0 Å². The summed E-state index contributed by atoms with van der Waals surface area (Å²) >= 11 is 0. The van der Waals surface area contributed by atoms with E-state index in [9.17, 15) is 0 Å². The lowest BCUT2D eigenvalue weighted by molar-refractivity contribution is 0.388. The van der Waals surface area contributed by atoms with Crippen molar-refractivity contribution in [2.45, 2.75) is 57.8 Å². The Labute approximate surface area is 77.9 Å². The van der Waals surface area contributed by atoms with E-state index in [1.807, 2.05) is 0 Å². The molecule has 1 rings (SSSR count). The molecule has 72 valence electrons. The highest BCUT2D eigenvalue weighted by Crippen LogP contribution is 2.17. The van der Waals surface area contributed by atoms with Gasteiger partial charge in [-0.25, -0.2) is 0 Å². The minimum atomic E-state index is -0.852. The molecule has 1 fully saturated rings. The van der Waals surface area contributed by atoms with Crippen molar-refractivity contribution in [1.29, 1.82) is 0 Å². The number of hydrogen-bond acceptors (Lipinski definition) is 1. The second-order valence-electron chi connectivity index (χ2n) is 5.28. The quantitative estimate of drug-likeness (QED) is 0.667. The first-order valence-electron chi connectivity index (χ1n) is 5.31. The lowest BCUT2D eigenvalue weighted by Gasteiger charge is -2.26. The minimum Gasteiger partial charge on any atom is -0.317 e. The van der Waals surface area contributed by atoms with E-state index in [4.69, 9.17) is 0 Å². The third-order valence-corrected chi connectivity index (χ3v) is 3.79. The van der Waals surface area contributed by atoms with Gasteiger partial charge in [-0.2, -0.15) is 0 Å². The number of hydrogen-bond donors (Lipinski definition) is 1. The Morgan fingerprint density at radius 2 is 1.67 bits per heavy atom. The molecule has 0 unspecified atom stereocenters. The first-order chi connectivity index (χ1) is 5.58. The predicted molar refractivity (Wildman–Crippen MR) is 58.2 cm³/mol. The molecule has 0 aromatic rings. The molecule has 0 radical (unpaired) electrons. The Morgan fingerprint density at radius 1 is 1.08 bits per heavy atom. The third-order valence-electron chi connectivity index (χ3n) is 2.53. The van der Waals surface area contributed by atoms with Crippen LogP contribution in [0.1, 0.15) is 32.1 Å². The van der Waals surface area contributed by atoms with E-state index in [1.165, 1.54) is 38.3 Å². The van der Waals surface area contributed by atoms with Crippen LogP contribution in [0.4, 0.5) is 0 Å². The average molecular weight is 185 g/mol. The molecule has 0 amide bonds. The lowest BCUT2D eigenvalue weighted by atomic mass is 9.96. The van der Waals surface area contributed by atoms with Crippen LogP contribution in [0.25, 0.3) is 0 Å². The molecular weight excluding hydrogens is 162 g/mol. The summed E-state index contributed by atoms with van der Waals surface area (Å²) in [6, 6.07) is 0.852. The molecule has 0 aliphatic heterocycles. The fourth-order valence-corrected chi connectivity index (χ4v) is 2.66. The van der Waals surface area contributed by atoms with Gasteiger partial charge in [0, 0.05) is 6.04 Å². The van der Waals surface area contributed by atoms with Gasteiger partial charge in [0.25, 0.3) is 0 Å². The summed E-state index contributed by atoms with van der Waals surface area (Å²) in [5.41, 5.74) is 0. The van der Waals surface area contributed by atoms with E-state index in [-0.39, 0.29) is 0 Å². The number of rotatable bonds is 3. The second kappa shape index (κ2) is 4.42. The third kappa shape index (κ3) is 4.26. The van der Waals surface area contributed by atoms with Crippen molar-refractivity contribution in [3.8, 4) is 0 Å². The maximum atomic E-state index is 3.72. The van der Waals surface area contributed by atoms with Gasteiger partial charge in [0.15, 0.2) is 0 Å². The van der Waals surface area contributed by atoms with E-state index in [0.29, 0.717) is 0 Å². The summed E-state index contributed by atoms with van der Waals surface area (Å²) < 4.78 is 0. The smallest absolute Gasteiger partial charge is 0.0596 e. The average Bonchev–Trinajstić information content (AvgIpc) is 2.02. The molecule has 0 saturated heterocycles. The molecule has 2 heteroatoms. The topological polar surface area (TPSA) is 12.0 Å². The van der Waals surface area contributed by atoms with Gasteiger partial charge in [-0.1, -0.05) is 38.9 Å². The molecule has 1 nitrogen and oxygen atoms in total. The molecule has 0 atom stereocenters. The molecule has 0 aromatic carbocycles. The lowest BCUT2D eigenvalue weighted by Crippen LogP contribution is -2.42. The van der Waals surface area contributed by atoms with Crippen molar-refractivity contribution >= 4 is 8.07 Å². The Hall–Kier alpha value is 0.177. The van der Waals surface area contributed by atoms with E-state index in [1.54, 1.807) is 0 Å². The van der Waals surface area contributed by atoms with E-state index in [2.05, 4.69) is 25.0 Å². The minimum absolute atomic E-state index is 0.852. The Bertz CT molecular complexity index is 122. The van der Waals surface area contributed by atoms with Crippen LogP contribution < -0.4 is 5.32 Å². The van der Waals surface area contributed by atoms with E-state index < -0.39 is 8.07 Å². The summed E-state index contributed by atoms with van der Waals surface area (Å²) in [4.78, 5) is 0. The Kier molecular flexibility index (Phi) is 3.78. The fraction of sp³-hybridized carbons (Fsp3) is 1.00. The van der Waals surface area contributed by atoms with Gasteiger partial charge in [-0.15, -0.1) is 0 Å². The van der Waals surface area contributed by atoms with Crippen LogP contribution in [0, 0.1) is 0 Å². The molecule has 0 spiro atoms. The molecule has 0 heterocycles. The fourth-order valence-electron chi connectivity index (χ4n) is 1.76. The van der Waals surface area contributed by atoms with Crippen LogP contribution in [-0.4, -0.2) is 20.3 Å². The van der Waals surface area contributed by atoms with Gasteiger partial charge in [0.1, 0.15) is 0 Å². The molecule has 12 heavy (non-hydrogen) atoms. The van der Waals surface area contributed by atoms with Gasteiger partial charge in [-0.05, 0) is 19.0 Å². The zero-order valence-electron chi connectivity index (χ0n) is 8.82.